The summed E-state index contributed by atoms with van der Waals surface area (Å²) in [6, 6.07) is 1.82. The first kappa shape index (κ1) is 11.5. The second kappa shape index (κ2) is 4.48. The molecular weight excluding hydrogens is 220 g/mol. The largest absolute Gasteiger partial charge is 0.481 e. The predicted octanol–water partition coefficient (Wildman–Crippen LogP) is 1.65. The summed E-state index contributed by atoms with van der Waals surface area (Å²) in [6.07, 6.45) is 0. The summed E-state index contributed by atoms with van der Waals surface area (Å²) in [6.45, 7) is 4.33. The van der Waals surface area contributed by atoms with Gasteiger partial charge in [0.1, 0.15) is 5.76 Å². The zero-order chi connectivity index (χ0) is 12.4. The van der Waals surface area contributed by atoms with Gasteiger partial charge in [0, 0.05) is 13.1 Å². The zero-order valence-corrected chi connectivity index (χ0v) is 10.4. The van der Waals surface area contributed by atoms with Crippen molar-refractivity contribution in [3.63, 3.8) is 0 Å². The van der Waals surface area contributed by atoms with Gasteiger partial charge in [-0.25, -0.2) is 9.67 Å². The topological polar surface area (TPSA) is 65.1 Å². The van der Waals surface area contributed by atoms with Crippen LogP contribution in [0, 0.1) is 13.8 Å². The van der Waals surface area contributed by atoms with Crippen LogP contribution in [-0.2, 0) is 13.6 Å². The fraction of sp³-hybridized carbons (Fsp3) is 0.455. The Hall–Kier alpha value is -1.98. The van der Waals surface area contributed by atoms with Gasteiger partial charge in [-0.3, -0.25) is 0 Å². The second-order valence-electron chi connectivity index (χ2n) is 3.80. The average Bonchev–Trinajstić information content (AvgIpc) is 2.80. The lowest BCUT2D eigenvalue weighted by molar-refractivity contribution is 0.373. The van der Waals surface area contributed by atoms with Crippen molar-refractivity contribution in [2.24, 2.45) is 7.05 Å². The first-order valence-corrected chi connectivity index (χ1v) is 5.35. The standard InChI is InChI=1S/C11H16N4O2/c1-7-8(2)17-10(13-7)6-12-9-5-11(16-4)15(3)14-9/h5H,6H2,1-4H3,(H,12,14). The highest BCUT2D eigenvalue weighted by molar-refractivity contribution is 5.38. The van der Waals surface area contributed by atoms with Gasteiger partial charge in [0.05, 0.1) is 19.3 Å². The smallest absolute Gasteiger partial charge is 0.213 e. The van der Waals surface area contributed by atoms with Crippen LogP contribution < -0.4 is 10.1 Å². The molecule has 0 aliphatic carbocycles. The molecule has 0 radical (unpaired) electrons. The van der Waals surface area contributed by atoms with Gasteiger partial charge in [-0.1, -0.05) is 0 Å². The number of hydrogen-bond donors (Lipinski definition) is 1. The number of rotatable bonds is 4. The maximum absolute atomic E-state index is 5.46. The van der Waals surface area contributed by atoms with Crippen molar-refractivity contribution in [3.8, 4) is 5.88 Å². The van der Waals surface area contributed by atoms with E-state index in [9.17, 15) is 0 Å². The highest BCUT2D eigenvalue weighted by Gasteiger charge is 2.08. The lowest BCUT2D eigenvalue weighted by atomic mass is 10.4. The van der Waals surface area contributed by atoms with E-state index >= 15 is 0 Å². The number of nitrogens with zero attached hydrogens (tertiary/aromatic N) is 3. The Morgan fingerprint density at radius 3 is 2.76 bits per heavy atom. The summed E-state index contributed by atoms with van der Waals surface area (Å²) in [5.41, 5.74) is 0.917. The summed E-state index contributed by atoms with van der Waals surface area (Å²) in [4.78, 5) is 4.28. The van der Waals surface area contributed by atoms with Gasteiger partial charge >= 0.3 is 0 Å². The van der Waals surface area contributed by atoms with E-state index in [0.29, 0.717) is 18.3 Å². The van der Waals surface area contributed by atoms with Crippen LogP contribution in [0.2, 0.25) is 0 Å². The molecule has 0 amide bonds. The molecule has 6 nitrogen and oxygen atoms in total. The molecule has 92 valence electrons. The molecule has 2 aromatic heterocycles. The van der Waals surface area contributed by atoms with Crippen LogP contribution in [0.4, 0.5) is 5.82 Å². The Morgan fingerprint density at radius 2 is 2.24 bits per heavy atom. The molecule has 2 rings (SSSR count). The van der Waals surface area contributed by atoms with Gasteiger partial charge in [0.2, 0.25) is 11.8 Å². The summed E-state index contributed by atoms with van der Waals surface area (Å²) < 4.78 is 12.2. The average molecular weight is 236 g/mol. The van der Waals surface area contributed by atoms with Gasteiger partial charge in [-0.15, -0.1) is 0 Å². The maximum atomic E-state index is 5.46. The van der Waals surface area contributed by atoms with Crippen molar-refractivity contribution in [1.29, 1.82) is 0 Å². The van der Waals surface area contributed by atoms with Crippen molar-refractivity contribution in [3.05, 3.63) is 23.4 Å². The van der Waals surface area contributed by atoms with Gasteiger partial charge in [0.25, 0.3) is 0 Å². The predicted molar refractivity (Wildman–Crippen MR) is 63.1 cm³/mol. The number of hydrogen-bond acceptors (Lipinski definition) is 5. The van der Waals surface area contributed by atoms with E-state index < -0.39 is 0 Å². The van der Waals surface area contributed by atoms with Crippen LogP contribution in [0.15, 0.2) is 10.5 Å². The fourth-order valence-electron chi connectivity index (χ4n) is 1.51. The molecule has 0 aromatic carbocycles. The number of ether oxygens (including phenoxy) is 1. The molecule has 0 bridgehead atoms. The van der Waals surface area contributed by atoms with Gasteiger partial charge in [0.15, 0.2) is 5.82 Å². The molecule has 0 saturated heterocycles. The SMILES string of the molecule is COc1cc(NCc2nc(C)c(C)o2)nn1C. The number of nitrogens with one attached hydrogen (secondary N) is 1. The minimum Gasteiger partial charge on any atom is -0.481 e. The molecule has 6 heteroatoms. The van der Waals surface area contributed by atoms with Gasteiger partial charge in [-0.05, 0) is 13.8 Å². The molecule has 0 saturated carbocycles. The third kappa shape index (κ3) is 2.41. The van der Waals surface area contributed by atoms with E-state index in [2.05, 4.69) is 15.4 Å². The molecule has 0 aliphatic rings. The number of aryl methyl sites for hydroxylation is 3. The van der Waals surface area contributed by atoms with Crippen molar-refractivity contribution >= 4 is 5.82 Å². The van der Waals surface area contributed by atoms with E-state index in [1.165, 1.54) is 0 Å². The Balaban J connectivity index is 2.02. The molecular formula is C11H16N4O2. The third-order valence-electron chi connectivity index (χ3n) is 2.54. The van der Waals surface area contributed by atoms with Crippen molar-refractivity contribution in [2.75, 3.05) is 12.4 Å². The van der Waals surface area contributed by atoms with E-state index in [-0.39, 0.29) is 0 Å². The maximum Gasteiger partial charge on any atom is 0.213 e. The van der Waals surface area contributed by atoms with Crippen molar-refractivity contribution < 1.29 is 9.15 Å². The number of aromatic nitrogens is 3. The summed E-state index contributed by atoms with van der Waals surface area (Å²) in [5.74, 6) is 2.94. The Kier molecular flexibility index (Phi) is 3.03. The summed E-state index contributed by atoms with van der Waals surface area (Å²) in [7, 11) is 3.44. The molecule has 0 atom stereocenters. The lowest BCUT2D eigenvalue weighted by Crippen LogP contribution is -2.01. The minimum absolute atomic E-state index is 0.509. The quantitative estimate of drug-likeness (QED) is 0.874. The highest BCUT2D eigenvalue weighted by Crippen LogP contribution is 2.16. The molecule has 2 aromatic rings. The summed E-state index contributed by atoms with van der Waals surface area (Å²) in [5, 5.41) is 7.37. The monoisotopic (exact) mass is 236 g/mol. The normalized spacial score (nSPS) is 10.6. The van der Waals surface area contributed by atoms with E-state index in [4.69, 9.17) is 9.15 Å². The first-order valence-electron chi connectivity index (χ1n) is 5.35. The molecule has 1 N–H and O–H groups in total. The third-order valence-corrected chi connectivity index (χ3v) is 2.54. The fourth-order valence-corrected chi connectivity index (χ4v) is 1.51. The van der Waals surface area contributed by atoms with Crippen molar-refractivity contribution in [2.45, 2.75) is 20.4 Å². The van der Waals surface area contributed by atoms with Crippen LogP contribution in [0.3, 0.4) is 0 Å². The van der Waals surface area contributed by atoms with Crippen molar-refractivity contribution in [1.82, 2.24) is 14.8 Å². The van der Waals surface area contributed by atoms with Crippen LogP contribution in [0.5, 0.6) is 5.88 Å². The molecule has 0 unspecified atom stereocenters. The number of anilines is 1. The first-order chi connectivity index (χ1) is 8.10. The van der Waals surface area contributed by atoms with Gasteiger partial charge in [-0.2, -0.15) is 5.10 Å². The van der Waals surface area contributed by atoms with E-state index in [0.717, 1.165) is 17.3 Å². The molecule has 0 fully saturated rings. The van der Waals surface area contributed by atoms with E-state index in [1.807, 2.05) is 27.0 Å². The second-order valence-corrected chi connectivity index (χ2v) is 3.80. The molecule has 0 aliphatic heterocycles. The highest BCUT2D eigenvalue weighted by atomic mass is 16.5. The Morgan fingerprint density at radius 1 is 1.47 bits per heavy atom. The summed E-state index contributed by atoms with van der Waals surface area (Å²) >= 11 is 0. The minimum atomic E-state index is 0.509. The van der Waals surface area contributed by atoms with Crippen LogP contribution in [0.25, 0.3) is 0 Å². The van der Waals surface area contributed by atoms with E-state index in [1.54, 1.807) is 11.8 Å². The Bertz CT molecular complexity index is 496. The van der Waals surface area contributed by atoms with Crippen LogP contribution in [0.1, 0.15) is 17.3 Å². The molecule has 2 heterocycles. The zero-order valence-electron chi connectivity index (χ0n) is 10.4. The molecule has 0 spiro atoms. The Labute approximate surface area is 99.6 Å². The van der Waals surface area contributed by atoms with Crippen LogP contribution in [-0.4, -0.2) is 21.9 Å². The lowest BCUT2D eigenvalue weighted by Gasteiger charge is -1.97. The number of oxazole rings is 1. The molecule has 17 heavy (non-hydrogen) atoms. The van der Waals surface area contributed by atoms with Crippen LogP contribution >= 0.6 is 0 Å². The number of methoxy groups -OCH3 is 1. The van der Waals surface area contributed by atoms with Gasteiger partial charge < -0.3 is 14.5 Å².